The summed E-state index contributed by atoms with van der Waals surface area (Å²) in [6, 6.07) is 0.530. The van der Waals surface area contributed by atoms with Crippen LogP contribution in [0, 0.1) is 35.0 Å². The van der Waals surface area contributed by atoms with Crippen molar-refractivity contribution in [2.45, 2.75) is 103 Å². The third-order valence-electron chi connectivity index (χ3n) is 10.9. The Hall–Kier alpha value is -0.640. The van der Waals surface area contributed by atoms with Gasteiger partial charge in [0.05, 0.1) is 17.8 Å². The van der Waals surface area contributed by atoms with E-state index in [4.69, 9.17) is 4.74 Å². The first-order valence-corrected chi connectivity index (χ1v) is 12.8. The van der Waals surface area contributed by atoms with Crippen molar-refractivity contribution in [1.82, 2.24) is 5.32 Å². The van der Waals surface area contributed by atoms with Crippen LogP contribution >= 0.6 is 0 Å². The van der Waals surface area contributed by atoms with Gasteiger partial charge in [-0.05, 0) is 99.5 Å². The first kappa shape index (κ1) is 20.0. The van der Waals surface area contributed by atoms with Crippen molar-refractivity contribution in [3.05, 3.63) is 22.8 Å². The van der Waals surface area contributed by atoms with Crippen molar-refractivity contribution >= 4 is 0 Å². The molecule has 0 radical (unpaired) electrons. The zero-order valence-electron chi connectivity index (χ0n) is 19.4. The van der Waals surface area contributed by atoms with Gasteiger partial charge in [-0.15, -0.1) is 0 Å². The van der Waals surface area contributed by atoms with Gasteiger partial charge in [0.15, 0.2) is 0 Å². The van der Waals surface area contributed by atoms with Crippen LogP contribution in [0.2, 0.25) is 0 Å². The molecule has 0 aromatic heterocycles. The lowest BCUT2D eigenvalue weighted by Crippen LogP contribution is -2.49. The molecular weight excluding hydrogens is 370 g/mol. The highest BCUT2D eigenvalue weighted by Crippen LogP contribution is 2.65. The maximum atomic E-state index is 10.3. The number of hydrogen-bond donors (Lipinski definition) is 2. The number of aliphatic hydroxyl groups is 1. The summed E-state index contributed by atoms with van der Waals surface area (Å²) >= 11 is 0. The molecule has 2 heterocycles. The molecule has 2 saturated heterocycles. The van der Waals surface area contributed by atoms with Gasteiger partial charge < -0.3 is 15.2 Å². The van der Waals surface area contributed by atoms with E-state index in [1.165, 1.54) is 38.5 Å². The van der Waals surface area contributed by atoms with Crippen LogP contribution in [-0.4, -0.2) is 35.5 Å². The SMILES string of the molecule is CC1=C2C[C@H]3[C@@H](CC=C4C[C@@H](O)CC[C@@]43C)C2CC[C@]12OC1C[C@H](C)CNC1[C@H]2C. The Morgan fingerprint density at radius 1 is 1.17 bits per heavy atom. The van der Waals surface area contributed by atoms with E-state index in [0.717, 1.165) is 43.1 Å². The predicted octanol–water partition coefficient (Wildman–Crippen LogP) is 5.00. The highest BCUT2D eigenvalue weighted by molar-refractivity contribution is 5.38. The van der Waals surface area contributed by atoms with Crippen LogP contribution in [0.4, 0.5) is 0 Å². The molecule has 2 N–H and O–H groups in total. The quantitative estimate of drug-likeness (QED) is 0.551. The molecule has 0 aromatic rings. The Kier molecular flexibility index (Phi) is 4.46. The molecule has 0 aromatic carbocycles. The Morgan fingerprint density at radius 3 is 2.83 bits per heavy atom. The van der Waals surface area contributed by atoms with E-state index < -0.39 is 0 Å². The van der Waals surface area contributed by atoms with Crippen molar-refractivity contribution in [1.29, 1.82) is 0 Å². The normalized spacial score (nSPS) is 55.0. The fraction of sp³-hybridized carbons (Fsp3) is 0.852. The van der Waals surface area contributed by atoms with Gasteiger partial charge in [-0.2, -0.15) is 0 Å². The average molecular weight is 412 g/mol. The lowest BCUT2D eigenvalue weighted by atomic mass is 9.56. The second-order valence-electron chi connectivity index (χ2n) is 12.2. The third kappa shape index (κ3) is 2.55. The minimum Gasteiger partial charge on any atom is -0.393 e. The van der Waals surface area contributed by atoms with Gasteiger partial charge in [-0.25, -0.2) is 0 Å². The molecule has 4 fully saturated rings. The van der Waals surface area contributed by atoms with E-state index in [2.05, 4.69) is 39.1 Å². The summed E-state index contributed by atoms with van der Waals surface area (Å²) in [5, 5.41) is 14.1. The third-order valence-corrected chi connectivity index (χ3v) is 10.9. The molecule has 166 valence electrons. The summed E-state index contributed by atoms with van der Waals surface area (Å²) < 4.78 is 7.03. The molecule has 2 aliphatic heterocycles. The van der Waals surface area contributed by atoms with Crippen LogP contribution in [0.25, 0.3) is 0 Å². The van der Waals surface area contributed by atoms with E-state index in [1.54, 1.807) is 16.7 Å². The summed E-state index contributed by atoms with van der Waals surface area (Å²) in [6.07, 6.45) is 12.2. The summed E-state index contributed by atoms with van der Waals surface area (Å²) in [7, 11) is 0. The highest BCUT2D eigenvalue weighted by Gasteiger charge is 2.60. The second kappa shape index (κ2) is 6.68. The van der Waals surface area contributed by atoms with E-state index in [9.17, 15) is 5.11 Å². The first-order chi connectivity index (χ1) is 14.3. The number of nitrogens with one attached hydrogen (secondary N) is 1. The maximum absolute atomic E-state index is 10.3. The van der Waals surface area contributed by atoms with Crippen molar-refractivity contribution in [3.8, 4) is 0 Å². The van der Waals surface area contributed by atoms with Crippen molar-refractivity contribution < 1.29 is 9.84 Å². The fourth-order valence-electron chi connectivity index (χ4n) is 9.09. The van der Waals surface area contributed by atoms with Crippen LogP contribution in [0.15, 0.2) is 22.8 Å². The van der Waals surface area contributed by atoms with E-state index in [1.807, 2.05) is 0 Å². The number of piperidine rings is 1. The Balaban J connectivity index is 1.34. The molecule has 0 amide bonds. The molecule has 3 heteroatoms. The summed E-state index contributed by atoms with van der Waals surface area (Å²) in [6.45, 7) is 10.9. The van der Waals surface area contributed by atoms with Gasteiger partial charge in [0, 0.05) is 12.0 Å². The Labute approximate surface area is 182 Å². The smallest absolute Gasteiger partial charge is 0.0937 e. The predicted molar refractivity (Wildman–Crippen MR) is 120 cm³/mol. The van der Waals surface area contributed by atoms with Gasteiger partial charge in [0.2, 0.25) is 0 Å². The second-order valence-corrected chi connectivity index (χ2v) is 12.2. The number of aliphatic hydroxyl groups excluding tert-OH is 1. The average Bonchev–Trinajstić information content (AvgIpc) is 3.23. The van der Waals surface area contributed by atoms with E-state index in [0.29, 0.717) is 23.5 Å². The largest absolute Gasteiger partial charge is 0.393 e. The number of rotatable bonds is 0. The molecule has 10 atom stereocenters. The van der Waals surface area contributed by atoms with E-state index in [-0.39, 0.29) is 11.7 Å². The van der Waals surface area contributed by atoms with Gasteiger partial charge in [0.1, 0.15) is 0 Å². The lowest BCUT2D eigenvalue weighted by Gasteiger charge is -2.49. The fourth-order valence-corrected chi connectivity index (χ4v) is 9.09. The Morgan fingerprint density at radius 2 is 2.00 bits per heavy atom. The van der Waals surface area contributed by atoms with Crippen molar-refractivity contribution in [2.24, 2.45) is 35.0 Å². The molecule has 6 aliphatic rings. The molecular formula is C27H41NO2. The monoisotopic (exact) mass is 411 g/mol. The minimum atomic E-state index is -0.111. The number of fused-ring (bicyclic) bond motifs is 6. The lowest BCUT2D eigenvalue weighted by molar-refractivity contribution is -0.0549. The minimum absolute atomic E-state index is 0.0222. The summed E-state index contributed by atoms with van der Waals surface area (Å²) in [5.74, 6) is 3.64. The molecule has 6 rings (SSSR count). The molecule has 4 aliphatic carbocycles. The summed E-state index contributed by atoms with van der Waals surface area (Å²) in [4.78, 5) is 0. The Bertz CT molecular complexity index is 801. The maximum Gasteiger partial charge on any atom is 0.0937 e. The molecule has 2 saturated carbocycles. The van der Waals surface area contributed by atoms with Gasteiger partial charge >= 0.3 is 0 Å². The molecule has 3 unspecified atom stereocenters. The molecule has 0 bridgehead atoms. The molecule has 30 heavy (non-hydrogen) atoms. The number of hydrogen-bond acceptors (Lipinski definition) is 3. The van der Waals surface area contributed by atoms with E-state index >= 15 is 0 Å². The molecule has 1 spiro atoms. The van der Waals surface area contributed by atoms with Crippen molar-refractivity contribution in [2.75, 3.05) is 6.54 Å². The number of allylic oxidation sites excluding steroid dienone is 2. The highest BCUT2D eigenvalue weighted by atomic mass is 16.5. The van der Waals surface area contributed by atoms with Crippen LogP contribution in [-0.2, 0) is 4.74 Å². The zero-order chi connectivity index (χ0) is 20.8. The van der Waals surface area contributed by atoms with Gasteiger partial charge in [-0.3, -0.25) is 0 Å². The van der Waals surface area contributed by atoms with Crippen LogP contribution in [0.1, 0.15) is 79.1 Å². The van der Waals surface area contributed by atoms with Crippen LogP contribution in [0.5, 0.6) is 0 Å². The van der Waals surface area contributed by atoms with Gasteiger partial charge in [0.25, 0.3) is 0 Å². The van der Waals surface area contributed by atoms with Gasteiger partial charge in [-0.1, -0.05) is 38.0 Å². The van der Waals surface area contributed by atoms with Crippen LogP contribution < -0.4 is 5.32 Å². The first-order valence-electron chi connectivity index (χ1n) is 12.8. The topological polar surface area (TPSA) is 41.5 Å². The van der Waals surface area contributed by atoms with Crippen molar-refractivity contribution in [3.63, 3.8) is 0 Å². The standard InChI is InChI=1S/C27H41NO2/c1-15-11-24-25(28-14-15)17(3)27(30-24)10-8-20-21-6-5-18-12-19(29)7-9-26(18,4)23(21)13-22(20)16(27)2/h5,15,17,19-21,23-25,28-29H,6-14H2,1-4H3/t15-,17+,19-,20?,21-,23-,24?,25?,26-,27-/m0/s1. The molecule has 3 nitrogen and oxygen atoms in total. The number of ether oxygens (including phenoxy) is 1. The zero-order valence-corrected chi connectivity index (χ0v) is 19.4. The van der Waals surface area contributed by atoms with Crippen LogP contribution in [0.3, 0.4) is 0 Å². The summed E-state index contributed by atoms with van der Waals surface area (Å²) in [5.41, 5.74) is 5.25.